The average molecular weight is 413 g/mol. The molecule has 4 fully saturated rings. The summed E-state index contributed by atoms with van der Waals surface area (Å²) in [7, 11) is 0. The first kappa shape index (κ1) is 20.7. The fourth-order valence-electron chi connectivity index (χ4n) is 5.95. The molecule has 4 saturated carbocycles. The van der Waals surface area contributed by atoms with Crippen molar-refractivity contribution in [2.75, 3.05) is 17.2 Å². The summed E-state index contributed by atoms with van der Waals surface area (Å²) < 4.78 is 0. The highest BCUT2D eigenvalue weighted by Crippen LogP contribution is 2.55. The van der Waals surface area contributed by atoms with Crippen LogP contribution in [0.25, 0.3) is 0 Å². The van der Waals surface area contributed by atoms with Gasteiger partial charge in [-0.25, -0.2) is 4.79 Å². The normalized spacial score (nSPS) is 28.6. The Kier molecular flexibility index (Phi) is 5.97. The second kappa shape index (κ2) is 8.66. The van der Waals surface area contributed by atoms with Crippen molar-refractivity contribution in [3.8, 4) is 0 Å². The molecule has 7 heteroatoms. The molecule has 0 heterocycles. The second-order valence-corrected chi connectivity index (χ2v) is 9.36. The first-order chi connectivity index (χ1) is 14.4. The lowest BCUT2D eigenvalue weighted by molar-refractivity contribution is -0.116. The van der Waals surface area contributed by atoms with Gasteiger partial charge in [-0.15, -0.1) is 0 Å². The number of hydrogen-bond acceptors (Lipinski definition) is 3. The van der Waals surface area contributed by atoms with Crippen LogP contribution < -0.4 is 21.3 Å². The molecule has 5 rings (SSSR count). The fraction of sp³-hybridized carbons (Fsp3) is 0.609. The zero-order valence-electron chi connectivity index (χ0n) is 17.6. The molecule has 4 aliphatic carbocycles. The number of carbonyl (C=O) groups excluding carboxylic acids is 3. The van der Waals surface area contributed by atoms with Gasteiger partial charge in [-0.05, 0) is 80.5 Å². The Hall–Kier alpha value is -2.57. The summed E-state index contributed by atoms with van der Waals surface area (Å²) in [5, 5.41) is 11.7. The van der Waals surface area contributed by atoms with Crippen LogP contribution in [0.4, 0.5) is 16.2 Å². The summed E-state index contributed by atoms with van der Waals surface area (Å²) in [5.41, 5.74) is 1.34. The maximum absolute atomic E-state index is 12.4. The average Bonchev–Trinajstić information content (AvgIpc) is 2.68. The maximum atomic E-state index is 12.4. The van der Waals surface area contributed by atoms with Crippen LogP contribution in [-0.2, 0) is 9.59 Å². The lowest BCUT2D eigenvalue weighted by Crippen LogP contribution is -2.61. The van der Waals surface area contributed by atoms with Crippen molar-refractivity contribution in [2.24, 2.45) is 17.8 Å². The monoisotopic (exact) mass is 412 g/mol. The Bertz CT molecular complexity index is 770. The highest BCUT2D eigenvalue weighted by Gasteiger charge is 2.51. The molecule has 0 saturated heterocycles. The molecule has 1 aromatic carbocycles. The second-order valence-electron chi connectivity index (χ2n) is 9.36. The minimum absolute atomic E-state index is 0.0178. The van der Waals surface area contributed by atoms with E-state index in [1.165, 1.54) is 19.3 Å². The van der Waals surface area contributed by atoms with Gasteiger partial charge in [-0.3, -0.25) is 9.59 Å². The number of benzene rings is 1. The first-order valence-electron chi connectivity index (χ1n) is 11.2. The van der Waals surface area contributed by atoms with Crippen molar-refractivity contribution in [1.82, 2.24) is 10.6 Å². The standard InChI is InChI=1S/C23H32N4O3/c1-2-20(28)25-18-3-5-19(6-4-18)26-21(29)7-8-24-22(30)27-23-12-15-9-16(13-23)11-17(10-15)14-23/h3-6,15-17H,2,7-14H2,1H3,(H,25,28)(H,26,29)(H2,24,27,30). The van der Waals surface area contributed by atoms with Gasteiger partial charge < -0.3 is 21.3 Å². The Morgan fingerprint density at radius 2 is 1.37 bits per heavy atom. The summed E-state index contributed by atoms with van der Waals surface area (Å²) >= 11 is 0. The quantitative estimate of drug-likeness (QED) is 0.550. The lowest BCUT2D eigenvalue weighted by atomic mass is 9.53. The number of rotatable bonds is 7. The maximum Gasteiger partial charge on any atom is 0.315 e. The van der Waals surface area contributed by atoms with E-state index in [-0.39, 0.29) is 29.8 Å². The zero-order chi connectivity index (χ0) is 21.1. The van der Waals surface area contributed by atoms with Crippen molar-refractivity contribution >= 4 is 29.2 Å². The number of urea groups is 1. The number of nitrogens with one attached hydrogen (secondary N) is 4. The van der Waals surface area contributed by atoms with E-state index >= 15 is 0 Å². The third kappa shape index (κ3) is 4.94. The highest BCUT2D eigenvalue weighted by molar-refractivity contribution is 5.93. The molecule has 4 N–H and O–H groups in total. The van der Waals surface area contributed by atoms with Gasteiger partial charge in [0.15, 0.2) is 0 Å². The van der Waals surface area contributed by atoms with E-state index in [0.29, 0.717) is 24.3 Å². The molecule has 30 heavy (non-hydrogen) atoms. The third-order valence-electron chi connectivity index (χ3n) is 6.83. The molecule has 1 aromatic rings. The van der Waals surface area contributed by atoms with Gasteiger partial charge >= 0.3 is 6.03 Å². The van der Waals surface area contributed by atoms with Crippen molar-refractivity contribution in [3.63, 3.8) is 0 Å². The molecule has 4 bridgehead atoms. The van der Waals surface area contributed by atoms with E-state index in [1.54, 1.807) is 31.2 Å². The molecule has 0 aromatic heterocycles. The number of amides is 4. The Balaban J connectivity index is 1.18. The molecule has 7 nitrogen and oxygen atoms in total. The molecular weight excluding hydrogens is 380 g/mol. The van der Waals surface area contributed by atoms with Crippen LogP contribution >= 0.6 is 0 Å². The topological polar surface area (TPSA) is 99.3 Å². The van der Waals surface area contributed by atoms with Gasteiger partial charge in [0, 0.05) is 36.3 Å². The van der Waals surface area contributed by atoms with E-state index in [4.69, 9.17) is 0 Å². The molecular formula is C23H32N4O3. The minimum Gasteiger partial charge on any atom is -0.338 e. The Labute approximate surface area is 177 Å². The van der Waals surface area contributed by atoms with Crippen molar-refractivity contribution in [3.05, 3.63) is 24.3 Å². The number of hydrogen-bond donors (Lipinski definition) is 4. The van der Waals surface area contributed by atoms with Gasteiger partial charge in [-0.2, -0.15) is 0 Å². The summed E-state index contributed by atoms with van der Waals surface area (Å²) in [4.78, 5) is 36.0. The summed E-state index contributed by atoms with van der Waals surface area (Å²) in [6.45, 7) is 2.09. The lowest BCUT2D eigenvalue weighted by Gasteiger charge is -2.56. The third-order valence-corrected chi connectivity index (χ3v) is 6.83. The largest absolute Gasteiger partial charge is 0.338 e. The number of carbonyl (C=O) groups is 3. The molecule has 4 aliphatic rings. The molecule has 4 amide bonds. The van der Waals surface area contributed by atoms with Crippen LogP contribution in [-0.4, -0.2) is 29.9 Å². The van der Waals surface area contributed by atoms with Crippen LogP contribution in [0.3, 0.4) is 0 Å². The zero-order valence-corrected chi connectivity index (χ0v) is 17.6. The smallest absolute Gasteiger partial charge is 0.315 e. The van der Waals surface area contributed by atoms with E-state index in [1.807, 2.05) is 0 Å². The van der Waals surface area contributed by atoms with E-state index in [2.05, 4.69) is 21.3 Å². The molecule has 0 radical (unpaired) electrons. The summed E-state index contributed by atoms with van der Waals surface area (Å²) in [6.07, 6.45) is 7.99. The van der Waals surface area contributed by atoms with Crippen LogP contribution in [0.2, 0.25) is 0 Å². The predicted octanol–water partition coefficient (Wildman–Crippen LogP) is 3.63. The molecule has 0 unspecified atom stereocenters. The van der Waals surface area contributed by atoms with E-state index < -0.39 is 0 Å². The van der Waals surface area contributed by atoms with Gasteiger partial charge in [0.2, 0.25) is 11.8 Å². The van der Waals surface area contributed by atoms with Gasteiger partial charge in [-0.1, -0.05) is 6.92 Å². The summed E-state index contributed by atoms with van der Waals surface area (Å²) in [6, 6.07) is 6.84. The van der Waals surface area contributed by atoms with Gasteiger partial charge in [0.05, 0.1) is 0 Å². The molecule has 162 valence electrons. The van der Waals surface area contributed by atoms with Gasteiger partial charge in [0.25, 0.3) is 0 Å². The van der Waals surface area contributed by atoms with Gasteiger partial charge in [0.1, 0.15) is 0 Å². The predicted molar refractivity (Wildman–Crippen MR) is 116 cm³/mol. The van der Waals surface area contributed by atoms with Crippen LogP contribution in [0.1, 0.15) is 58.3 Å². The molecule has 0 atom stereocenters. The van der Waals surface area contributed by atoms with Crippen LogP contribution in [0.15, 0.2) is 24.3 Å². The molecule has 0 spiro atoms. The van der Waals surface area contributed by atoms with Crippen LogP contribution in [0.5, 0.6) is 0 Å². The summed E-state index contributed by atoms with van der Waals surface area (Å²) in [5.74, 6) is 2.14. The fourth-order valence-corrected chi connectivity index (χ4v) is 5.95. The van der Waals surface area contributed by atoms with Crippen molar-refractivity contribution in [1.29, 1.82) is 0 Å². The Morgan fingerprint density at radius 3 is 1.87 bits per heavy atom. The van der Waals surface area contributed by atoms with E-state index in [9.17, 15) is 14.4 Å². The number of anilines is 2. The highest BCUT2D eigenvalue weighted by atomic mass is 16.2. The SMILES string of the molecule is CCC(=O)Nc1ccc(NC(=O)CCNC(=O)NC23CC4CC(CC(C4)C2)C3)cc1. The van der Waals surface area contributed by atoms with Crippen LogP contribution in [0, 0.1) is 17.8 Å². The first-order valence-corrected chi connectivity index (χ1v) is 11.2. The minimum atomic E-state index is -0.157. The van der Waals surface area contributed by atoms with Crippen molar-refractivity contribution in [2.45, 2.75) is 63.8 Å². The van der Waals surface area contributed by atoms with Crippen molar-refractivity contribution < 1.29 is 14.4 Å². The molecule has 0 aliphatic heterocycles. The van der Waals surface area contributed by atoms with E-state index in [0.717, 1.165) is 37.0 Å². The Morgan fingerprint density at radius 1 is 0.867 bits per heavy atom.